The summed E-state index contributed by atoms with van der Waals surface area (Å²) in [5, 5.41) is 0. The molecule has 0 aromatic rings. The summed E-state index contributed by atoms with van der Waals surface area (Å²) in [5.74, 6) is 0.732. The van der Waals surface area contributed by atoms with Crippen LogP contribution in [0.2, 0.25) is 0 Å². The molecule has 0 aliphatic carbocycles. The average molecular weight is 225 g/mol. The predicted octanol–water partition coefficient (Wildman–Crippen LogP) is 2.61. The molecule has 0 saturated carbocycles. The highest BCUT2D eigenvalue weighted by atomic mass is 15.3. The number of nitrogens with zero attached hydrogens (tertiary/aromatic N) is 2. The van der Waals surface area contributed by atoms with Gasteiger partial charge in [0, 0.05) is 19.1 Å². The lowest BCUT2D eigenvalue weighted by Crippen LogP contribution is -2.46. The summed E-state index contributed by atoms with van der Waals surface area (Å²) in [6, 6.07) is 0.295. The molecule has 0 amide bonds. The zero-order valence-corrected chi connectivity index (χ0v) is 11.3. The highest BCUT2D eigenvalue weighted by Crippen LogP contribution is 2.37. The molecule has 0 bridgehead atoms. The van der Waals surface area contributed by atoms with E-state index < -0.39 is 0 Å². The normalized spacial score (nSPS) is 21.6. The van der Waals surface area contributed by atoms with Crippen LogP contribution in [0.5, 0.6) is 0 Å². The van der Waals surface area contributed by atoms with Crippen molar-refractivity contribution in [2.24, 2.45) is 16.1 Å². The molecule has 0 atom stereocenters. The van der Waals surface area contributed by atoms with Crippen LogP contribution < -0.4 is 5.73 Å². The van der Waals surface area contributed by atoms with Gasteiger partial charge in [0.15, 0.2) is 5.96 Å². The van der Waals surface area contributed by atoms with Gasteiger partial charge >= 0.3 is 0 Å². The van der Waals surface area contributed by atoms with Crippen molar-refractivity contribution in [1.29, 1.82) is 0 Å². The molecule has 1 aliphatic rings. The highest BCUT2D eigenvalue weighted by molar-refractivity contribution is 5.78. The molecule has 1 fully saturated rings. The predicted molar refractivity (Wildman–Crippen MR) is 70.6 cm³/mol. The second-order valence-corrected chi connectivity index (χ2v) is 5.28. The van der Waals surface area contributed by atoms with E-state index in [0.29, 0.717) is 11.5 Å². The van der Waals surface area contributed by atoms with Gasteiger partial charge in [-0.25, -0.2) is 0 Å². The lowest BCUT2D eigenvalue weighted by atomic mass is 9.74. The number of likely N-dealkylation sites (tertiary alicyclic amines) is 1. The third kappa shape index (κ3) is 3.13. The number of hydrogen-bond donors (Lipinski definition) is 1. The van der Waals surface area contributed by atoms with E-state index >= 15 is 0 Å². The lowest BCUT2D eigenvalue weighted by molar-refractivity contribution is 0.135. The summed E-state index contributed by atoms with van der Waals surface area (Å²) in [4.78, 5) is 6.66. The molecule has 1 aliphatic heterocycles. The fourth-order valence-corrected chi connectivity index (χ4v) is 2.51. The SMILES string of the molecule is CCC1(CC)CCN(C(N)=NC(C)C)CC1. The van der Waals surface area contributed by atoms with Gasteiger partial charge in [-0.05, 0) is 32.1 Å². The van der Waals surface area contributed by atoms with Gasteiger partial charge in [-0.2, -0.15) is 0 Å². The summed E-state index contributed by atoms with van der Waals surface area (Å²) < 4.78 is 0. The maximum atomic E-state index is 6.00. The lowest BCUT2D eigenvalue weighted by Gasteiger charge is -2.41. The fourth-order valence-electron chi connectivity index (χ4n) is 2.51. The van der Waals surface area contributed by atoms with Gasteiger partial charge in [-0.15, -0.1) is 0 Å². The second-order valence-electron chi connectivity index (χ2n) is 5.28. The van der Waals surface area contributed by atoms with Crippen molar-refractivity contribution < 1.29 is 0 Å². The first-order valence-electron chi connectivity index (χ1n) is 6.61. The third-order valence-electron chi connectivity index (χ3n) is 4.04. The molecular formula is C13H27N3. The first kappa shape index (κ1) is 13.3. The molecule has 0 aromatic heterocycles. The van der Waals surface area contributed by atoms with E-state index in [0.717, 1.165) is 19.0 Å². The summed E-state index contributed by atoms with van der Waals surface area (Å²) >= 11 is 0. The van der Waals surface area contributed by atoms with Crippen molar-refractivity contribution in [3.05, 3.63) is 0 Å². The minimum Gasteiger partial charge on any atom is -0.370 e. The van der Waals surface area contributed by atoms with Crippen LogP contribution in [-0.2, 0) is 0 Å². The van der Waals surface area contributed by atoms with Crippen molar-refractivity contribution in [1.82, 2.24) is 4.90 Å². The Hall–Kier alpha value is -0.730. The molecule has 16 heavy (non-hydrogen) atoms. The Kier molecular flexibility index (Phi) is 4.63. The van der Waals surface area contributed by atoms with E-state index in [9.17, 15) is 0 Å². The molecular weight excluding hydrogens is 198 g/mol. The third-order valence-corrected chi connectivity index (χ3v) is 4.04. The van der Waals surface area contributed by atoms with Crippen LogP contribution in [0.25, 0.3) is 0 Å². The molecule has 0 unspecified atom stereocenters. The van der Waals surface area contributed by atoms with Crippen molar-refractivity contribution in [3.63, 3.8) is 0 Å². The first-order valence-corrected chi connectivity index (χ1v) is 6.61. The Labute approximate surface area is 100 Å². The number of rotatable bonds is 3. The van der Waals surface area contributed by atoms with Crippen LogP contribution in [0, 0.1) is 5.41 Å². The highest BCUT2D eigenvalue weighted by Gasteiger charge is 2.31. The minimum atomic E-state index is 0.295. The van der Waals surface area contributed by atoms with Crippen LogP contribution in [0.1, 0.15) is 53.4 Å². The molecule has 94 valence electrons. The average Bonchev–Trinajstić information content (AvgIpc) is 2.28. The van der Waals surface area contributed by atoms with E-state index in [4.69, 9.17) is 5.73 Å². The second kappa shape index (κ2) is 5.55. The summed E-state index contributed by atoms with van der Waals surface area (Å²) in [6.07, 6.45) is 5.10. The van der Waals surface area contributed by atoms with Crippen LogP contribution in [0.4, 0.5) is 0 Å². The Morgan fingerprint density at radius 3 is 2.12 bits per heavy atom. The largest absolute Gasteiger partial charge is 0.370 e. The topological polar surface area (TPSA) is 41.6 Å². The number of nitrogens with two attached hydrogens (primary N) is 1. The molecule has 3 nitrogen and oxygen atoms in total. The maximum absolute atomic E-state index is 6.00. The van der Waals surface area contributed by atoms with Crippen molar-refractivity contribution >= 4 is 5.96 Å². The number of guanidine groups is 1. The quantitative estimate of drug-likeness (QED) is 0.592. The number of aliphatic imine (C=N–C) groups is 1. The zero-order chi connectivity index (χ0) is 12.2. The molecule has 1 saturated heterocycles. The first-order chi connectivity index (χ1) is 7.53. The molecule has 3 heteroatoms. The monoisotopic (exact) mass is 225 g/mol. The van der Waals surface area contributed by atoms with Gasteiger partial charge in [0.05, 0.1) is 0 Å². The summed E-state index contributed by atoms with van der Waals surface area (Å²) in [6.45, 7) is 10.9. The van der Waals surface area contributed by atoms with Crippen molar-refractivity contribution in [2.75, 3.05) is 13.1 Å². The fraction of sp³-hybridized carbons (Fsp3) is 0.923. The van der Waals surface area contributed by atoms with Crippen molar-refractivity contribution in [3.8, 4) is 0 Å². The van der Waals surface area contributed by atoms with Gasteiger partial charge in [-0.1, -0.05) is 26.7 Å². The van der Waals surface area contributed by atoms with Crippen LogP contribution in [-0.4, -0.2) is 30.0 Å². The van der Waals surface area contributed by atoms with Gasteiger partial charge in [0.2, 0.25) is 0 Å². The Balaban J connectivity index is 2.54. The molecule has 0 spiro atoms. The van der Waals surface area contributed by atoms with Gasteiger partial charge in [0.1, 0.15) is 0 Å². The van der Waals surface area contributed by atoms with E-state index in [-0.39, 0.29) is 0 Å². The molecule has 1 heterocycles. The zero-order valence-electron chi connectivity index (χ0n) is 11.3. The van der Waals surface area contributed by atoms with Gasteiger partial charge in [-0.3, -0.25) is 4.99 Å². The molecule has 0 aromatic carbocycles. The van der Waals surface area contributed by atoms with E-state index in [2.05, 4.69) is 37.6 Å². The van der Waals surface area contributed by atoms with Crippen LogP contribution in [0.15, 0.2) is 4.99 Å². The van der Waals surface area contributed by atoms with Crippen LogP contribution in [0.3, 0.4) is 0 Å². The smallest absolute Gasteiger partial charge is 0.191 e. The Bertz CT molecular complexity index is 232. The van der Waals surface area contributed by atoms with E-state index in [1.807, 2.05) is 0 Å². The number of piperidine rings is 1. The summed E-state index contributed by atoms with van der Waals surface area (Å²) in [5.41, 5.74) is 6.56. The minimum absolute atomic E-state index is 0.295. The van der Waals surface area contributed by atoms with Gasteiger partial charge < -0.3 is 10.6 Å². The Morgan fingerprint density at radius 2 is 1.75 bits per heavy atom. The van der Waals surface area contributed by atoms with Crippen LogP contribution >= 0.6 is 0 Å². The van der Waals surface area contributed by atoms with E-state index in [1.54, 1.807) is 0 Å². The molecule has 0 radical (unpaired) electrons. The van der Waals surface area contributed by atoms with Gasteiger partial charge in [0.25, 0.3) is 0 Å². The molecule has 2 N–H and O–H groups in total. The van der Waals surface area contributed by atoms with Crippen molar-refractivity contribution in [2.45, 2.75) is 59.4 Å². The standard InChI is InChI=1S/C13H27N3/c1-5-13(6-2)7-9-16(10-8-13)12(14)15-11(3)4/h11H,5-10H2,1-4H3,(H2,14,15). The maximum Gasteiger partial charge on any atom is 0.191 e. The van der Waals surface area contributed by atoms with E-state index in [1.165, 1.54) is 25.7 Å². The molecule has 1 rings (SSSR count). The Morgan fingerprint density at radius 1 is 1.25 bits per heavy atom. The number of hydrogen-bond acceptors (Lipinski definition) is 1. The summed E-state index contributed by atoms with van der Waals surface area (Å²) in [7, 11) is 0.